The number of hydrogen-bond donors (Lipinski definition) is 1. The normalized spacial score (nSPS) is 10.8. The molecule has 0 aliphatic heterocycles. The zero-order valence-corrected chi connectivity index (χ0v) is 14.9. The van der Waals surface area contributed by atoms with Gasteiger partial charge in [0.05, 0.1) is 10.2 Å². The SMILES string of the molecule is O=C(CCCCl)Nc1nc2ccc(OCc3ccccc3F)cc2s1. The molecule has 1 N–H and O–H groups in total. The molecule has 0 unspecified atom stereocenters. The first kappa shape index (κ1) is 17.6. The monoisotopic (exact) mass is 378 g/mol. The molecule has 0 aliphatic rings. The van der Waals surface area contributed by atoms with E-state index in [4.69, 9.17) is 16.3 Å². The number of nitrogens with one attached hydrogen (secondary N) is 1. The topological polar surface area (TPSA) is 51.2 Å². The zero-order valence-electron chi connectivity index (χ0n) is 13.3. The molecule has 3 aromatic rings. The van der Waals surface area contributed by atoms with Crippen molar-refractivity contribution in [3.63, 3.8) is 0 Å². The average Bonchev–Trinajstić information content (AvgIpc) is 3.00. The van der Waals surface area contributed by atoms with Crippen LogP contribution in [0.5, 0.6) is 5.75 Å². The molecule has 0 radical (unpaired) electrons. The molecular weight excluding hydrogens is 363 g/mol. The van der Waals surface area contributed by atoms with Crippen molar-refractivity contribution in [3.8, 4) is 5.75 Å². The highest BCUT2D eigenvalue weighted by molar-refractivity contribution is 7.22. The molecule has 0 aliphatic carbocycles. The van der Waals surface area contributed by atoms with Crippen LogP contribution in [-0.2, 0) is 11.4 Å². The number of hydrogen-bond acceptors (Lipinski definition) is 4. The number of benzene rings is 2. The number of halogens is 2. The third-order valence-electron chi connectivity index (χ3n) is 3.50. The maximum atomic E-state index is 13.6. The van der Waals surface area contributed by atoms with Crippen LogP contribution in [0.25, 0.3) is 10.2 Å². The van der Waals surface area contributed by atoms with E-state index in [-0.39, 0.29) is 18.3 Å². The highest BCUT2D eigenvalue weighted by Gasteiger charge is 2.09. The predicted octanol–water partition coefficient (Wildman–Crippen LogP) is 4.97. The van der Waals surface area contributed by atoms with Gasteiger partial charge in [-0.25, -0.2) is 9.37 Å². The summed E-state index contributed by atoms with van der Waals surface area (Å²) >= 11 is 6.95. The minimum absolute atomic E-state index is 0.101. The maximum Gasteiger partial charge on any atom is 0.226 e. The average molecular weight is 379 g/mol. The number of carbonyl (C=O) groups excluding carboxylic acids is 1. The molecular formula is C18H16ClFN2O2S. The molecule has 130 valence electrons. The van der Waals surface area contributed by atoms with Crippen LogP contribution in [0.4, 0.5) is 9.52 Å². The summed E-state index contributed by atoms with van der Waals surface area (Å²) in [5, 5.41) is 3.31. The van der Waals surface area contributed by atoms with Crippen LogP contribution in [0.15, 0.2) is 42.5 Å². The Balaban J connectivity index is 1.68. The van der Waals surface area contributed by atoms with E-state index in [1.807, 2.05) is 12.1 Å². The third kappa shape index (κ3) is 4.67. The van der Waals surface area contributed by atoms with Gasteiger partial charge >= 0.3 is 0 Å². The molecule has 2 aromatic carbocycles. The molecule has 0 spiro atoms. The summed E-state index contributed by atoms with van der Waals surface area (Å²) in [6, 6.07) is 11.9. The summed E-state index contributed by atoms with van der Waals surface area (Å²) in [7, 11) is 0. The van der Waals surface area contributed by atoms with Gasteiger partial charge in [-0.2, -0.15) is 0 Å². The lowest BCUT2D eigenvalue weighted by Gasteiger charge is -2.06. The van der Waals surface area contributed by atoms with Crippen LogP contribution >= 0.6 is 22.9 Å². The summed E-state index contributed by atoms with van der Waals surface area (Å²) in [6.45, 7) is 0.152. The van der Waals surface area contributed by atoms with E-state index >= 15 is 0 Å². The van der Waals surface area contributed by atoms with E-state index in [1.54, 1.807) is 24.3 Å². The number of thiazole rings is 1. The molecule has 25 heavy (non-hydrogen) atoms. The van der Waals surface area contributed by atoms with Gasteiger partial charge in [0, 0.05) is 17.9 Å². The molecule has 0 saturated carbocycles. The van der Waals surface area contributed by atoms with Gasteiger partial charge in [-0.1, -0.05) is 29.5 Å². The molecule has 1 amide bonds. The van der Waals surface area contributed by atoms with Crippen LogP contribution in [0.3, 0.4) is 0 Å². The van der Waals surface area contributed by atoms with Gasteiger partial charge in [0.15, 0.2) is 5.13 Å². The number of nitrogens with zero attached hydrogens (tertiary/aromatic N) is 1. The summed E-state index contributed by atoms with van der Waals surface area (Å²) in [4.78, 5) is 16.1. The van der Waals surface area contributed by atoms with Gasteiger partial charge in [0.25, 0.3) is 0 Å². The number of fused-ring (bicyclic) bond motifs is 1. The number of aromatic nitrogens is 1. The molecule has 7 heteroatoms. The highest BCUT2D eigenvalue weighted by atomic mass is 35.5. The van der Waals surface area contributed by atoms with Crippen molar-refractivity contribution < 1.29 is 13.9 Å². The molecule has 0 fully saturated rings. The van der Waals surface area contributed by atoms with E-state index in [2.05, 4.69) is 10.3 Å². The van der Waals surface area contributed by atoms with E-state index < -0.39 is 0 Å². The van der Waals surface area contributed by atoms with E-state index in [1.165, 1.54) is 17.4 Å². The Morgan fingerprint density at radius 3 is 2.92 bits per heavy atom. The number of ether oxygens (including phenoxy) is 1. The first-order valence-electron chi connectivity index (χ1n) is 7.78. The highest BCUT2D eigenvalue weighted by Crippen LogP contribution is 2.29. The van der Waals surface area contributed by atoms with Gasteiger partial charge in [-0.3, -0.25) is 4.79 Å². The van der Waals surface area contributed by atoms with Crippen molar-refractivity contribution in [3.05, 3.63) is 53.8 Å². The number of rotatable bonds is 7. The van der Waals surface area contributed by atoms with Gasteiger partial charge in [-0.05, 0) is 30.7 Å². The molecule has 0 atom stereocenters. The fraction of sp³-hybridized carbons (Fsp3) is 0.222. The van der Waals surface area contributed by atoms with Gasteiger partial charge in [-0.15, -0.1) is 11.6 Å². The van der Waals surface area contributed by atoms with Crippen molar-refractivity contribution in [2.24, 2.45) is 0 Å². The summed E-state index contributed by atoms with van der Waals surface area (Å²) < 4.78 is 20.2. The Labute approximate surface area is 153 Å². The fourth-order valence-electron chi connectivity index (χ4n) is 2.23. The number of alkyl halides is 1. The standard InChI is InChI=1S/C18H16ClFN2O2S/c19-9-3-6-17(23)22-18-21-15-8-7-13(10-16(15)25-18)24-11-12-4-1-2-5-14(12)20/h1-2,4-5,7-8,10H,3,6,9,11H2,(H,21,22,23). The van der Waals surface area contributed by atoms with Gasteiger partial charge in [0.1, 0.15) is 18.2 Å². The molecule has 1 heterocycles. The van der Waals surface area contributed by atoms with Crippen molar-refractivity contribution in [2.75, 3.05) is 11.2 Å². The Morgan fingerprint density at radius 2 is 2.12 bits per heavy atom. The number of carbonyl (C=O) groups is 1. The number of amides is 1. The van der Waals surface area contributed by atoms with E-state index in [0.717, 1.165) is 10.2 Å². The molecule has 4 nitrogen and oxygen atoms in total. The molecule has 0 bridgehead atoms. The Bertz CT molecular complexity index is 884. The van der Waals surface area contributed by atoms with E-state index in [9.17, 15) is 9.18 Å². The van der Waals surface area contributed by atoms with Gasteiger partial charge in [0.2, 0.25) is 5.91 Å². The minimum atomic E-state index is -0.289. The lowest BCUT2D eigenvalue weighted by atomic mass is 10.2. The van der Waals surface area contributed by atoms with Crippen molar-refractivity contribution in [1.82, 2.24) is 4.98 Å². The Morgan fingerprint density at radius 1 is 1.28 bits per heavy atom. The van der Waals surface area contributed by atoms with Gasteiger partial charge < -0.3 is 10.1 Å². The van der Waals surface area contributed by atoms with Crippen LogP contribution in [-0.4, -0.2) is 16.8 Å². The zero-order chi connectivity index (χ0) is 17.6. The third-order valence-corrected chi connectivity index (χ3v) is 4.70. The molecule has 3 rings (SSSR count). The number of anilines is 1. The quantitative estimate of drug-likeness (QED) is 0.590. The lowest BCUT2D eigenvalue weighted by Crippen LogP contribution is -2.10. The second-order valence-electron chi connectivity index (χ2n) is 5.37. The van der Waals surface area contributed by atoms with Crippen LogP contribution < -0.4 is 10.1 Å². The van der Waals surface area contributed by atoms with Crippen molar-refractivity contribution >= 4 is 44.2 Å². The molecule has 0 saturated heterocycles. The minimum Gasteiger partial charge on any atom is -0.489 e. The van der Waals surface area contributed by atoms with Crippen molar-refractivity contribution in [1.29, 1.82) is 0 Å². The van der Waals surface area contributed by atoms with E-state index in [0.29, 0.717) is 35.2 Å². The molecule has 1 aromatic heterocycles. The summed E-state index contributed by atoms with van der Waals surface area (Å²) in [6.07, 6.45) is 1.00. The summed E-state index contributed by atoms with van der Waals surface area (Å²) in [5.74, 6) is 0.689. The predicted molar refractivity (Wildman–Crippen MR) is 98.9 cm³/mol. The Kier molecular flexibility index (Phi) is 5.83. The van der Waals surface area contributed by atoms with Crippen LogP contribution in [0.2, 0.25) is 0 Å². The largest absolute Gasteiger partial charge is 0.489 e. The summed E-state index contributed by atoms with van der Waals surface area (Å²) in [5.41, 5.74) is 1.27. The second-order valence-corrected chi connectivity index (χ2v) is 6.78. The second kappa shape index (κ2) is 8.27. The smallest absolute Gasteiger partial charge is 0.226 e. The van der Waals surface area contributed by atoms with Crippen molar-refractivity contribution in [2.45, 2.75) is 19.4 Å². The van der Waals surface area contributed by atoms with Crippen LogP contribution in [0.1, 0.15) is 18.4 Å². The lowest BCUT2D eigenvalue weighted by molar-refractivity contribution is -0.116. The maximum absolute atomic E-state index is 13.6. The fourth-order valence-corrected chi connectivity index (χ4v) is 3.28. The first-order valence-corrected chi connectivity index (χ1v) is 9.13. The first-order chi connectivity index (χ1) is 12.2. The Hall–Kier alpha value is -2.18. The van der Waals surface area contributed by atoms with Crippen LogP contribution in [0, 0.1) is 5.82 Å².